The SMILES string of the molecule is CCOC1c2cc(OC)ccc2-c2[nH]c3ccccc3c(=O)c21. The first-order valence-corrected chi connectivity index (χ1v) is 7.69. The molecule has 3 aromatic rings. The van der Waals surface area contributed by atoms with Gasteiger partial charge in [0.05, 0.1) is 18.4 Å². The largest absolute Gasteiger partial charge is 0.497 e. The number of rotatable bonds is 3. The van der Waals surface area contributed by atoms with Gasteiger partial charge in [0.15, 0.2) is 5.43 Å². The molecule has 1 N–H and O–H groups in total. The van der Waals surface area contributed by atoms with Crippen LogP contribution < -0.4 is 10.2 Å². The fourth-order valence-electron chi connectivity index (χ4n) is 3.32. The molecule has 4 heteroatoms. The van der Waals surface area contributed by atoms with Crippen LogP contribution in [0.3, 0.4) is 0 Å². The Hall–Kier alpha value is -2.59. The number of H-pyrrole nitrogens is 1. The maximum absolute atomic E-state index is 13.0. The molecule has 0 saturated heterocycles. The van der Waals surface area contributed by atoms with Gasteiger partial charge in [-0.1, -0.05) is 12.1 Å². The molecule has 116 valence electrons. The lowest BCUT2D eigenvalue weighted by atomic mass is 10.1. The first-order valence-electron chi connectivity index (χ1n) is 7.69. The summed E-state index contributed by atoms with van der Waals surface area (Å²) in [6.45, 7) is 2.47. The third kappa shape index (κ3) is 1.99. The van der Waals surface area contributed by atoms with E-state index in [9.17, 15) is 4.79 Å². The highest BCUT2D eigenvalue weighted by atomic mass is 16.5. The van der Waals surface area contributed by atoms with Crippen LogP contribution in [0.5, 0.6) is 5.75 Å². The van der Waals surface area contributed by atoms with E-state index >= 15 is 0 Å². The highest BCUT2D eigenvalue weighted by Gasteiger charge is 2.33. The van der Waals surface area contributed by atoms with E-state index in [0.717, 1.165) is 28.1 Å². The maximum Gasteiger partial charge on any atom is 0.196 e. The van der Waals surface area contributed by atoms with Crippen LogP contribution >= 0.6 is 0 Å². The molecular formula is C19H17NO3. The Bertz CT molecular complexity index is 958. The number of hydrogen-bond donors (Lipinski definition) is 1. The molecule has 2 aromatic carbocycles. The fourth-order valence-corrected chi connectivity index (χ4v) is 3.32. The molecule has 4 nitrogen and oxygen atoms in total. The molecule has 0 saturated carbocycles. The van der Waals surface area contributed by atoms with Crippen LogP contribution in [-0.4, -0.2) is 18.7 Å². The number of nitrogens with one attached hydrogen (secondary N) is 1. The Labute approximate surface area is 133 Å². The van der Waals surface area contributed by atoms with E-state index in [-0.39, 0.29) is 11.5 Å². The van der Waals surface area contributed by atoms with Gasteiger partial charge in [0.1, 0.15) is 11.9 Å². The number of fused-ring (bicyclic) bond motifs is 4. The first-order chi connectivity index (χ1) is 11.2. The van der Waals surface area contributed by atoms with Crippen LogP contribution in [0.2, 0.25) is 0 Å². The second-order valence-corrected chi connectivity index (χ2v) is 5.58. The van der Waals surface area contributed by atoms with Gasteiger partial charge in [-0.05, 0) is 42.8 Å². The van der Waals surface area contributed by atoms with Crippen molar-refractivity contribution in [2.24, 2.45) is 0 Å². The van der Waals surface area contributed by atoms with E-state index in [2.05, 4.69) is 4.98 Å². The molecule has 0 spiro atoms. The van der Waals surface area contributed by atoms with Crippen molar-refractivity contribution in [3.05, 3.63) is 63.8 Å². The number of pyridine rings is 1. The Balaban J connectivity index is 2.06. The normalized spacial score (nSPS) is 15.5. The lowest BCUT2D eigenvalue weighted by molar-refractivity contribution is 0.0936. The van der Waals surface area contributed by atoms with Crippen LogP contribution in [0.4, 0.5) is 0 Å². The first kappa shape index (κ1) is 14.0. The summed E-state index contributed by atoms with van der Waals surface area (Å²) in [4.78, 5) is 16.4. The zero-order chi connectivity index (χ0) is 16.0. The number of aromatic amines is 1. The molecule has 1 aliphatic carbocycles. The molecule has 4 rings (SSSR count). The topological polar surface area (TPSA) is 51.3 Å². The summed E-state index contributed by atoms with van der Waals surface area (Å²) in [6.07, 6.45) is -0.353. The van der Waals surface area contributed by atoms with Crippen molar-refractivity contribution in [1.82, 2.24) is 4.98 Å². The van der Waals surface area contributed by atoms with E-state index in [1.165, 1.54) is 0 Å². The predicted molar refractivity (Wildman–Crippen MR) is 90.0 cm³/mol. The summed E-state index contributed by atoms with van der Waals surface area (Å²) in [5.74, 6) is 0.762. The molecule has 23 heavy (non-hydrogen) atoms. The average Bonchev–Trinajstić information content (AvgIpc) is 2.89. The van der Waals surface area contributed by atoms with Crippen molar-refractivity contribution in [2.75, 3.05) is 13.7 Å². The lowest BCUT2D eigenvalue weighted by Crippen LogP contribution is -2.15. The van der Waals surface area contributed by atoms with Crippen molar-refractivity contribution in [1.29, 1.82) is 0 Å². The van der Waals surface area contributed by atoms with Gasteiger partial charge in [0.2, 0.25) is 0 Å². The molecule has 1 aliphatic rings. The number of aromatic nitrogens is 1. The predicted octanol–water partition coefficient (Wildman–Crippen LogP) is 3.64. The second-order valence-electron chi connectivity index (χ2n) is 5.58. The third-order valence-electron chi connectivity index (χ3n) is 4.35. The van der Waals surface area contributed by atoms with Crippen molar-refractivity contribution in [2.45, 2.75) is 13.0 Å². The van der Waals surface area contributed by atoms with E-state index in [1.54, 1.807) is 7.11 Å². The molecule has 1 heterocycles. The Morgan fingerprint density at radius 1 is 1.17 bits per heavy atom. The number of methoxy groups -OCH3 is 1. The minimum Gasteiger partial charge on any atom is -0.497 e. The van der Waals surface area contributed by atoms with Gasteiger partial charge in [-0.3, -0.25) is 4.79 Å². The van der Waals surface area contributed by atoms with E-state index in [1.807, 2.05) is 49.4 Å². The second kappa shape index (κ2) is 5.25. The molecule has 0 radical (unpaired) electrons. The lowest BCUT2D eigenvalue weighted by Gasteiger charge is -2.13. The minimum absolute atomic E-state index is 0.0305. The Morgan fingerprint density at radius 2 is 2.00 bits per heavy atom. The van der Waals surface area contributed by atoms with Crippen molar-refractivity contribution >= 4 is 10.9 Å². The smallest absolute Gasteiger partial charge is 0.196 e. The summed E-state index contributed by atoms with van der Waals surface area (Å²) in [6, 6.07) is 13.4. The number of benzene rings is 2. The van der Waals surface area contributed by atoms with Crippen molar-refractivity contribution < 1.29 is 9.47 Å². The van der Waals surface area contributed by atoms with Gasteiger partial charge < -0.3 is 14.5 Å². The van der Waals surface area contributed by atoms with Crippen LogP contribution in [-0.2, 0) is 4.74 Å². The highest BCUT2D eigenvalue weighted by Crippen LogP contribution is 2.44. The minimum atomic E-state index is -0.353. The third-order valence-corrected chi connectivity index (χ3v) is 4.35. The number of hydrogen-bond acceptors (Lipinski definition) is 3. The molecule has 0 aliphatic heterocycles. The Kier molecular flexibility index (Phi) is 3.20. The maximum atomic E-state index is 13.0. The molecule has 1 atom stereocenters. The molecule has 1 aromatic heterocycles. The molecule has 0 fully saturated rings. The summed E-state index contributed by atoms with van der Waals surface area (Å²) in [7, 11) is 1.64. The van der Waals surface area contributed by atoms with Gasteiger partial charge in [0.25, 0.3) is 0 Å². The van der Waals surface area contributed by atoms with E-state index < -0.39 is 0 Å². The summed E-state index contributed by atoms with van der Waals surface area (Å²) < 4.78 is 11.2. The monoisotopic (exact) mass is 307 g/mol. The number of ether oxygens (including phenoxy) is 2. The zero-order valence-corrected chi connectivity index (χ0v) is 13.1. The summed E-state index contributed by atoms with van der Waals surface area (Å²) in [5, 5.41) is 0.690. The number of para-hydroxylation sites is 1. The molecule has 0 amide bonds. The zero-order valence-electron chi connectivity index (χ0n) is 13.1. The van der Waals surface area contributed by atoms with Crippen molar-refractivity contribution in [3.63, 3.8) is 0 Å². The van der Waals surface area contributed by atoms with Crippen LogP contribution in [0.1, 0.15) is 24.2 Å². The van der Waals surface area contributed by atoms with Crippen molar-refractivity contribution in [3.8, 4) is 17.0 Å². The average molecular weight is 307 g/mol. The Morgan fingerprint density at radius 3 is 2.78 bits per heavy atom. The quantitative estimate of drug-likeness (QED) is 0.803. The van der Waals surface area contributed by atoms with Crippen LogP contribution in [0.15, 0.2) is 47.3 Å². The molecular weight excluding hydrogens is 290 g/mol. The van der Waals surface area contributed by atoms with Gasteiger partial charge in [-0.25, -0.2) is 0 Å². The van der Waals surface area contributed by atoms with Gasteiger partial charge in [0, 0.05) is 23.1 Å². The van der Waals surface area contributed by atoms with Gasteiger partial charge in [-0.15, -0.1) is 0 Å². The summed E-state index contributed by atoms with van der Waals surface area (Å²) >= 11 is 0. The van der Waals surface area contributed by atoms with Gasteiger partial charge in [-0.2, -0.15) is 0 Å². The van der Waals surface area contributed by atoms with Crippen LogP contribution in [0, 0.1) is 0 Å². The molecule has 0 bridgehead atoms. The standard InChI is InChI=1S/C19H17NO3/c1-3-23-19-14-10-11(22-2)8-9-12(14)17-16(19)18(21)13-6-4-5-7-15(13)20-17/h4-10,19H,3H2,1-2H3,(H,20,21). The highest BCUT2D eigenvalue weighted by molar-refractivity contribution is 5.87. The molecule has 1 unspecified atom stereocenters. The van der Waals surface area contributed by atoms with E-state index in [4.69, 9.17) is 9.47 Å². The van der Waals surface area contributed by atoms with Gasteiger partial charge >= 0.3 is 0 Å². The van der Waals surface area contributed by atoms with E-state index in [0.29, 0.717) is 17.6 Å². The fraction of sp³-hybridized carbons (Fsp3) is 0.211. The van der Waals surface area contributed by atoms with Crippen LogP contribution in [0.25, 0.3) is 22.2 Å². The summed E-state index contributed by atoms with van der Waals surface area (Å²) in [5.41, 5.74) is 4.39.